The minimum atomic E-state index is -0.0888. The summed E-state index contributed by atoms with van der Waals surface area (Å²) in [4.78, 5) is 25.3. The van der Waals surface area contributed by atoms with Crippen LogP contribution >= 0.6 is 24.0 Å². The smallest absolute Gasteiger partial charge is 0.246 e. The van der Waals surface area contributed by atoms with Crippen LogP contribution < -0.4 is 10.2 Å². The first-order valence-electron chi connectivity index (χ1n) is 9.55. The van der Waals surface area contributed by atoms with E-state index in [9.17, 15) is 4.79 Å². The number of amides is 1. The number of aryl methyl sites for hydroxylation is 1. The third-order valence-electron chi connectivity index (χ3n) is 4.51. The fourth-order valence-electron chi connectivity index (χ4n) is 2.97. The van der Waals surface area contributed by atoms with E-state index in [1.807, 2.05) is 25.1 Å². The molecular formula is C19H30IN7O2. The average Bonchev–Trinajstić information content (AvgIpc) is 3.27. The van der Waals surface area contributed by atoms with Crippen LogP contribution in [0.5, 0.6) is 0 Å². The standard InChI is InChI=1S/C19H29N7O2.HI/c1-6-20-18(22-11-16-21-10-15(28-16)19(2,3)4)25-7-8-26(17(27)13-25)14-9-23-24(5)12-14;/h9-10,12H,6-8,11,13H2,1-5H3,(H,20,22);1H. The van der Waals surface area contributed by atoms with E-state index in [-0.39, 0.29) is 41.8 Å². The van der Waals surface area contributed by atoms with Crippen molar-refractivity contribution in [2.45, 2.75) is 39.7 Å². The number of halogens is 1. The lowest BCUT2D eigenvalue weighted by atomic mass is 9.94. The van der Waals surface area contributed by atoms with Crippen LogP contribution in [-0.2, 0) is 23.8 Å². The Morgan fingerprint density at radius 3 is 2.62 bits per heavy atom. The van der Waals surface area contributed by atoms with E-state index >= 15 is 0 Å². The van der Waals surface area contributed by atoms with Crippen molar-refractivity contribution in [2.75, 3.05) is 31.1 Å². The van der Waals surface area contributed by atoms with Crippen LogP contribution in [0.15, 0.2) is 28.0 Å². The molecule has 0 atom stereocenters. The SMILES string of the molecule is CCNC(=NCc1ncc(C(C)(C)C)o1)N1CCN(c2cnn(C)c2)C(=O)C1.I. The van der Waals surface area contributed by atoms with Crippen molar-refractivity contribution in [3.05, 3.63) is 30.2 Å². The molecule has 0 spiro atoms. The second-order valence-electron chi connectivity index (χ2n) is 7.88. The maximum Gasteiger partial charge on any atom is 0.246 e. The molecule has 1 saturated heterocycles. The number of nitrogens with one attached hydrogen (secondary N) is 1. The zero-order valence-corrected chi connectivity index (χ0v) is 20.0. The molecule has 160 valence electrons. The van der Waals surface area contributed by atoms with Gasteiger partial charge in [0.15, 0.2) is 5.96 Å². The fraction of sp³-hybridized carbons (Fsp3) is 0.579. The van der Waals surface area contributed by atoms with Crippen LogP contribution in [0.25, 0.3) is 0 Å². The van der Waals surface area contributed by atoms with Gasteiger partial charge in [-0.15, -0.1) is 24.0 Å². The summed E-state index contributed by atoms with van der Waals surface area (Å²) in [6, 6.07) is 0. The van der Waals surface area contributed by atoms with E-state index in [0.717, 1.165) is 11.4 Å². The van der Waals surface area contributed by atoms with Gasteiger partial charge in [-0.1, -0.05) is 20.8 Å². The lowest BCUT2D eigenvalue weighted by Gasteiger charge is -2.35. The number of carbonyl (C=O) groups is 1. The Labute approximate surface area is 188 Å². The predicted molar refractivity (Wildman–Crippen MR) is 123 cm³/mol. The van der Waals surface area contributed by atoms with Gasteiger partial charge < -0.3 is 19.5 Å². The maximum absolute atomic E-state index is 12.6. The molecule has 3 rings (SSSR count). The Kier molecular flexibility index (Phi) is 7.66. The van der Waals surface area contributed by atoms with Crippen molar-refractivity contribution in [1.82, 2.24) is 25.0 Å². The van der Waals surface area contributed by atoms with Gasteiger partial charge in [0.2, 0.25) is 11.8 Å². The first-order chi connectivity index (χ1) is 13.3. The molecule has 0 radical (unpaired) electrons. The zero-order chi connectivity index (χ0) is 20.3. The fourth-order valence-corrected chi connectivity index (χ4v) is 2.97. The molecule has 1 aliphatic rings. The molecule has 29 heavy (non-hydrogen) atoms. The molecule has 2 aromatic rings. The Bertz CT molecular complexity index is 853. The van der Waals surface area contributed by atoms with Crippen LogP contribution in [0.2, 0.25) is 0 Å². The summed E-state index contributed by atoms with van der Waals surface area (Å²) in [5, 5.41) is 7.41. The first kappa shape index (κ1) is 23.2. The number of hydrogen-bond acceptors (Lipinski definition) is 5. The van der Waals surface area contributed by atoms with Crippen molar-refractivity contribution in [3.63, 3.8) is 0 Å². The molecule has 0 aliphatic carbocycles. The van der Waals surface area contributed by atoms with E-state index in [1.54, 1.807) is 22.0 Å². The third kappa shape index (κ3) is 5.71. The van der Waals surface area contributed by atoms with Gasteiger partial charge in [-0.2, -0.15) is 5.10 Å². The van der Waals surface area contributed by atoms with Gasteiger partial charge in [-0.05, 0) is 6.92 Å². The summed E-state index contributed by atoms with van der Waals surface area (Å²) < 4.78 is 7.51. The molecule has 0 aromatic carbocycles. The van der Waals surface area contributed by atoms with Gasteiger partial charge in [-0.25, -0.2) is 9.98 Å². The number of piperazine rings is 1. The normalized spacial score (nSPS) is 15.5. The van der Waals surface area contributed by atoms with Gasteiger partial charge in [0, 0.05) is 38.3 Å². The molecule has 3 heterocycles. The lowest BCUT2D eigenvalue weighted by Crippen LogP contribution is -2.55. The van der Waals surface area contributed by atoms with Crippen LogP contribution in [0.4, 0.5) is 5.69 Å². The van der Waals surface area contributed by atoms with Gasteiger partial charge in [-0.3, -0.25) is 9.48 Å². The average molecular weight is 515 g/mol. The van der Waals surface area contributed by atoms with E-state index < -0.39 is 0 Å². The van der Waals surface area contributed by atoms with Crippen LogP contribution in [0.1, 0.15) is 39.3 Å². The molecule has 0 saturated carbocycles. The second kappa shape index (κ2) is 9.59. The van der Waals surface area contributed by atoms with Crippen LogP contribution in [0, 0.1) is 0 Å². The monoisotopic (exact) mass is 515 g/mol. The minimum Gasteiger partial charge on any atom is -0.443 e. The van der Waals surface area contributed by atoms with Crippen molar-refractivity contribution >= 4 is 41.5 Å². The third-order valence-corrected chi connectivity index (χ3v) is 4.51. The number of hydrogen-bond donors (Lipinski definition) is 1. The number of oxazole rings is 1. The van der Waals surface area contributed by atoms with Gasteiger partial charge in [0.1, 0.15) is 18.8 Å². The topological polar surface area (TPSA) is 91.8 Å². The molecule has 0 unspecified atom stereocenters. The van der Waals surface area contributed by atoms with Crippen LogP contribution in [-0.4, -0.2) is 57.7 Å². The number of aliphatic imine (C=N–C) groups is 1. The van der Waals surface area contributed by atoms with E-state index in [4.69, 9.17) is 4.42 Å². The molecule has 1 aliphatic heterocycles. The summed E-state index contributed by atoms with van der Waals surface area (Å²) in [6.45, 7) is 10.8. The highest BCUT2D eigenvalue weighted by molar-refractivity contribution is 14.0. The van der Waals surface area contributed by atoms with E-state index in [1.165, 1.54) is 0 Å². The molecule has 1 N–H and O–H groups in total. The molecule has 0 bridgehead atoms. The largest absolute Gasteiger partial charge is 0.443 e. The highest BCUT2D eigenvalue weighted by Crippen LogP contribution is 2.23. The molecule has 1 amide bonds. The number of nitrogens with zero attached hydrogens (tertiary/aromatic N) is 6. The number of guanidine groups is 1. The summed E-state index contributed by atoms with van der Waals surface area (Å²) in [5.74, 6) is 2.12. The number of anilines is 1. The quantitative estimate of drug-likeness (QED) is 0.381. The molecule has 9 nitrogen and oxygen atoms in total. The summed E-state index contributed by atoms with van der Waals surface area (Å²) >= 11 is 0. The Hall–Kier alpha value is -2.11. The number of carbonyl (C=O) groups excluding carboxylic acids is 1. The Morgan fingerprint density at radius 2 is 2.07 bits per heavy atom. The maximum atomic E-state index is 12.6. The van der Waals surface area contributed by atoms with Crippen molar-refractivity contribution in [3.8, 4) is 0 Å². The highest BCUT2D eigenvalue weighted by Gasteiger charge is 2.28. The van der Waals surface area contributed by atoms with Gasteiger partial charge in [0.05, 0.1) is 18.1 Å². The van der Waals surface area contributed by atoms with E-state index in [2.05, 4.69) is 41.2 Å². The Balaban J connectivity index is 0.00000300. The van der Waals surface area contributed by atoms with Crippen LogP contribution in [0.3, 0.4) is 0 Å². The van der Waals surface area contributed by atoms with Gasteiger partial charge in [0.25, 0.3) is 0 Å². The second-order valence-corrected chi connectivity index (χ2v) is 7.88. The summed E-state index contributed by atoms with van der Waals surface area (Å²) in [6.07, 6.45) is 5.32. The summed E-state index contributed by atoms with van der Waals surface area (Å²) in [5.41, 5.74) is 0.734. The zero-order valence-electron chi connectivity index (χ0n) is 17.7. The molecule has 2 aromatic heterocycles. The van der Waals surface area contributed by atoms with Crippen molar-refractivity contribution in [2.24, 2.45) is 12.0 Å². The highest BCUT2D eigenvalue weighted by atomic mass is 127. The minimum absolute atomic E-state index is 0. The number of rotatable bonds is 4. The molecule has 1 fully saturated rings. The molecule has 10 heteroatoms. The first-order valence-corrected chi connectivity index (χ1v) is 9.55. The molecular weight excluding hydrogens is 485 g/mol. The predicted octanol–water partition coefficient (Wildman–Crippen LogP) is 2.14. The van der Waals surface area contributed by atoms with Crippen molar-refractivity contribution in [1.29, 1.82) is 0 Å². The lowest BCUT2D eigenvalue weighted by molar-refractivity contribution is -0.120. The summed E-state index contributed by atoms with van der Waals surface area (Å²) in [7, 11) is 1.84. The van der Waals surface area contributed by atoms with E-state index in [0.29, 0.717) is 38.0 Å². The Morgan fingerprint density at radius 1 is 1.31 bits per heavy atom. The van der Waals surface area contributed by atoms with Crippen molar-refractivity contribution < 1.29 is 9.21 Å². The number of aromatic nitrogens is 3. The van der Waals surface area contributed by atoms with Gasteiger partial charge >= 0.3 is 0 Å².